The lowest BCUT2D eigenvalue weighted by Crippen LogP contribution is -2.38. The third-order valence-corrected chi connectivity index (χ3v) is 4.02. The number of carbonyl (C=O) groups is 2. The summed E-state index contributed by atoms with van der Waals surface area (Å²) < 4.78 is 0. The van der Waals surface area contributed by atoms with E-state index < -0.39 is 0 Å². The SMILES string of the molecule is CCC[C@H](C)N(C)C(=O)CCN(Cc1ccccc1)C(C)=O. The molecule has 0 aliphatic rings. The van der Waals surface area contributed by atoms with Crippen molar-refractivity contribution >= 4 is 11.8 Å². The van der Waals surface area contributed by atoms with Crippen LogP contribution in [0.1, 0.15) is 45.6 Å². The van der Waals surface area contributed by atoms with Gasteiger partial charge < -0.3 is 9.80 Å². The Morgan fingerprint density at radius 2 is 1.82 bits per heavy atom. The van der Waals surface area contributed by atoms with Crippen LogP contribution in [0.4, 0.5) is 0 Å². The zero-order valence-corrected chi connectivity index (χ0v) is 14.2. The van der Waals surface area contributed by atoms with Crippen molar-refractivity contribution in [2.24, 2.45) is 0 Å². The molecule has 4 heteroatoms. The second-order valence-electron chi connectivity index (χ2n) is 5.82. The van der Waals surface area contributed by atoms with Crippen molar-refractivity contribution in [1.29, 1.82) is 0 Å². The quantitative estimate of drug-likeness (QED) is 0.740. The number of amides is 2. The summed E-state index contributed by atoms with van der Waals surface area (Å²) in [5, 5.41) is 0. The smallest absolute Gasteiger partial charge is 0.224 e. The highest BCUT2D eigenvalue weighted by Gasteiger charge is 2.17. The summed E-state index contributed by atoms with van der Waals surface area (Å²) in [6.07, 6.45) is 2.44. The van der Waals surface area contributed by atoms with Gasteiger partial charge in [-0.2, -0.15) is 0 Å². The molecule has 22 heavy (non-hydrogen) atoms. The standard InChI is InChI=1S/C18H28N2O2/c1-5-9-15(2)19(4)18(22)12-13-20(16(3)21)14-17-10-7-6-8-11-17/h6-8,10-11,15H,5,9,12-14H2,1-4H3/t15-/m0/s1. The van der Waals surface area contributed by atoms with E-state index in [1.54, 1.807) is 16.7 Å². The highest BCUT2D eigenvalue weighted by Crippen LogP contribution is 2.09. The second-order valence-corrected chi connectivity index (χ2v) is 5.82. The van der Waals surface area contributed by atoms with Gasteiger partial charge in [0.1, 0.15) is 0 Å². The van der Waals surface area contributed by atoms with E-state index in [-0.39, 0.29) is 17.9 Å². The van der Waals surface area contributed by atoms with E-state index in [2.05, 4.69) is 13.8 Å². The molecule has 0 bridgehead atoms. The van der Waals surface area contributed by atoms with Crippen molar-refractivity contribution in [3.63, 3.8) is 0 Å². The maximum Gasteiger partial charge on any atom is 0.224 e. The van der Waals surface area contributed by atoms with Crippen LogP contribution >= 0.6 is 0 Å². The molecular formula is C18H28N2O2. The topological polar surface area (TPSA) is 40.6 Å². The normalized spacial score (nSPS) is 11.8. The molecule has 0 saturated heterocycles. The molecule has 1 aromatic carbocycles. The largest absolute Gasteiger partial charge is 0.343 e. The van der Waals surface area contributed by atoms with E-state index in [0.717, 1.165) is 18.4 Å². The molecule has 1 rings (SSSR count). The van der Waals surface area contributed by atoms with Gasteiger partial charge in [0.05, 0.1) is 0 Å². The van der Waals surface area contributed by atoms with Gasteiger partial charge in [-0.15, -0.1) is 0 Å². The van der Waals surface area contributed by atoms with Gasteiger partial charge in [0, 0.05) is 39.5 Å². The molecule has 0 spiro atoms. The number of nitrogens with zero attached hydrogens (tertiary/aromatic N) is 2. The second kappa shape index (κ2) is 9.23. The Hall–Kier alpha value is -1.84. The molecule has 0 N–H and O–H groups in total. The summed E-state index contributed by atoms with van der Waals surface area (Å²) in [7, 11) is 1.85. The van der Waals surface area contributed by atoms with Gasteiger partial charge in [0.2, 0.25) is 11.8 Å². The monoisotopic (exact) mass is 304 g/mol. The van der Waals surface area contributed by atoms with Crippen molar-refractivity contribution in [2.45, 2.75) is 52.6 Å². The summed E-state index contributed by atoms with van der Waals surface area (Å²) >= 11 is 0. The first-order valence-electron chi connectivity index (χ1n) is 8.00. The number of hydrogen-bond donors (Lipinski definition) is 0. The molecule has 0 fully saturated rings. The molecule has 1 aromatic rings. The first-order chi connectivity index (χ1) is 10.5. The van der Waals surface area contributed by atoms with E-state index in [1.807, 2.05) is 37.4 Å². The first kappa shape index (κ1) is 18.2. The maximum atomic E-state index is 12.2. The van der Waals surface area contributed by atoms with Crippen LogP contribution in [0.15, 0.2) is 30.3 Å². The van der Waals surface area contributed by atoms with Crippen molar-refractivity contribution in [1.82, 2.24) is 9.80 Å². The molecular weight excluding hydrogens is 276 g/mol. The Bertz CT molecular complexity index is 473. The molecule has 2 amide bonds. The van der Waals surface area contributed by atoms with E-state index in [0.29, 0.717) is 19.5 Å². The van der Waals surface area contributed by atoms with Crippen molar-refractivity contribution in [3.8, 4) is 0 Å². The van der Waals surface area contributed by atoms with Crippen LogP contribution in [0.2, 0.25) is 0 Å². The lowest BCUT2D eigenvalue weighted by Gasteiger charge is -2.27. The average molecular weight is 304 g/mol. The van der Waals surface area contributed by atoms with Gasteiger partial charge in [-0.3, -0.25) is 9.59 Å². The predicted octanol–water partition coefficient (Wildman–Crippen LogP) is 3.07. The Morgan fingerprint density at radius 1 is 1.18 bits per heavy atom. The van der Waals surface area contributed by atoms with Gasteiger partial charge in [0.15, 0.2) is 0 Å². The maximum absolute atomic E-state index is 12.2. The third kappa shape index (κ3) is 5.88. The summed E-state index contributed by atoms with van der Waals surface area (Å²) in [4.78, 5) is 27.5. The zero-order valence-electron chi connectivity index (χ0n) is 14.2. The van der Waals surface area contributed by atoms with Crippen LogP contribution in [0.25, 0.3) is 0 Å². The molecule has 0 radical (unpaired) electrons. The number of hydrogen-bond acceptors (Lipinski definition) is 2. The van der Waals surface area contributed by atoms with Gasteiger partial charge >= 0.3 is 0 Å². The number of carbonyl (C=O) groups excluding carboxylic acids is 2. The van der Waals surface area contributed by atoms with Gasteiger partial charge in [-0.05, 0) is 18.9 Å². The Balaban J connectivity index is 2.54. The Morgan fingerprint density at radius 3 is 2.36 bits per heavy atom. The minimum Gasteiger partial charge on any atom is -0.343 e. The lowest BCUT2D eigenvalue weighted by molar-refractivity contribution is -0.134. The Labute approximate surface area is 134 Å². The molecule has 1 atom stereocenters. The summed E-state index contributed by atoms with van der Waals surface area (Å²) in [5.74, 6) is 0.0983. The highest BCUT2D eigenvalue weighted by molar-refractivity contribution is 5.78. The molecule has 0 saturated carbocycles. The van der Waals surface area contributed by atoms with Crippen LogP contribution in [-0.2, 0) is 16.1 Å². The van der Waals surface area contributed by atoms with Crippen molar-refractivity contribution < 1.29 is 9.59 Å². The van der Waals surface area contributed by atoms with E-state index in [4.69, 9.17) is 0 Å². The van der Waals surface area contributed by atoms with Crippen LogP contribution in [0.5, 0.6) is 0 Å². The van der Waals surface area contributed by atoms with Crippen LogP contribution < -0.4 is 0 Å². The van der Waals surface area contributed by atoms with Gasteiger partial charge in [0.25, 0.3) is 0 Å². The highest BCUT2D eigenvalue weighted by atomic mass is 16.2. The van der Waals surface area contributed by atoms with Crippen LogP contribution in [0.3, 0.4) is 0 Å². The molecule has 122 valence electrons. The minimum atomic E-state index is 0.000845. The third-order valence-electron chi connectivity index (χ3n) is 4.02. The summed E-state index contributed by atoms with van der Waals surface area (Å²) in [5.41, 5.74) is 1.08. The number of benzene rings is 1. The molecule has 0 aliphatic carbocycles. The molecule has 4 nitrogen and oxygen atoms in total. The molecule has 0 aliphatic heterocycles. The Kier molecular flexibility index (Phi) is 7.64. The number of rotatable bonds is 8. The van der Waals surface area contributed by atoms with Gasteiger partial charge in [-0.25, -0.2) is 0 Å². The van der Waals surface area contributed by atoms with Crippen LogP contribution in [-0.4, -0.2) is 41.2 Å². The average Bonchev–Trinajstić information content (AvgIpc) is 2.51. The zero-order chi connectivity index (χ0) is 16.5. The fourth-order valence-corrected chi connectivity index (χ4v) is 2.42. The fourth-order valence-electron chi connectivity index (χ4n) is 2.42. The van der Waals surface area contributed by atoms with E-state index in [1.165, 1.54) is 0 Å². The van der Waals surface area contributed by atoms with Crippen molar-refractivity contribution in [2.75, 3.05) is 13.6 Å². The van der Waals surface area contributed by atoms with Gasteiger partial charge in [-0.1, -0.05) is 43.7 Å². The minimum absolute atomic E-state index is 0.000845. The van der Waals surface area contributed by atoms with Crippen molar-refractivity contribution in [3.05, 3.63) is 35.9 Å². The molecule has 0 aromatic heterocycles. The first-order valence-corrected chi connectivity index (χ1v) is 8.00. The fraction of sp³-hybridized carbons (Fsp3) is 0.556. The summed E-state index contributed by atoms with van der Waals surface area (Å²) in [6, 6.07) is 10.1. The molecule has 0 unspecified atom stereocenters. The van der Waals surface area contributed by atoms with E-state index >= 15 is 0 Å². The molecule has 0 heterocycles. The predicted molar refractivity (Wildman–Crippen MR) is 89.3 cm³/mol. The lowest BCUT2D eigenvalue weighted by atomic mass is 10.1. The van der Waals surface area contributed by atoms with Crippen LogP contribution in [0, 0.1) is 0 Å². The van der Waals surface area contributed by atoms with E-state index in [9.17, 15) is 9.59 Å². The summed E-state index contributed by atoms with van der Waals surface area (Å²) in [6.45, 7) is 6.75.